The summed E-state index contributed by atoms with van der Waals surface area (Å²) in [4.78, 5) is 14.6. The number of hydrogen-bond acceptors (Lipinski definition) is 4. The Kier molecular flexibility index (Phi) is 5.05. The molecular weight excluding hydrogens is 320 g/mol. The summed E-state index contributed by atoms with van der Waals surface area (Å²) in [6.07, 6.45) is 7.76. The number of aromatic carboxylic acids is 1. The molecule has 1 saturated carbocycles. The first-order valence-corrected chi connectivity index (χ1v) is 9.94. The summed E-state index contributed by atoms with van der Waals surface area (Å²) in [5, 5.41) is 11.7. The van der Waals surface area contributed by atoms with Gasteiger partial charge >= 0.3 is 5.97 Å². The molecule has 4 nitrogen and oxygen atoms in total. The van der Waals surface area contributed by atoms with Crippen molar-refractivity contribution >= 4 is 17.3 Å². The summed E-state index contributed by atoms with van der Waals surface area (Å²) in [5.74, 6) is 6.01. The van der Waals surface area contributed by atoms with Gasteiger partial charge in [0.15, 0.2) is 0 Å². The van der Waals surface area contributed by atoms with E-state index in [0.717, 1.165) is 49.1 Å². The van der Waals surface area contributed by atoms with Gasteiger partial charge < -0.3 is 5.11 Å². The first-order valence-electron chi connectivity index (χ1n) is 9.12. The number of rotatable bonds is 4. The van der Waals surface area contributed by atoms with Crippen molar-refractivity contribution in [2.45, 2.75) is 64.7 Å². The minimum absolute atomic E-state index is 0.207. The van der Waals surface area contributed by atoms with Gasteiger partial charge in [-0.25, -0.2) is 9.80 Å². The van der Waals surface area contributed by atoms with E-state index >= 15 is 0 Å². The van der Waals surface area contributed by atoms with Gasteiger partial charge in [0.1, 0.15) is 0 Å². The van der Waals surface area contributed by atoms with Crippen molar-refractivity contribution in [3.8, 4) is 0 Å². The second-order valence-corrected chi connectivity index (χ2v) is 9.62. The van der Waals surface area contributed by atoms with Crippen molar-refractivity contribution in [3.05, 3.63) is 20.9 Å². The number of hydrazine groups is 1. The molecule has 2 aliphatic carbocycles. The van der Waals surface area contributed by atoms with E-state index in [2.05, 4.69) is 13.8 Å². The van der Waals surface area contributed by atoms with E-state index in [4.69, 9.17) is 5.84 Å². The summed E-state index contributed by atoms with van der Waals surface area (Å²) >= 11 is 1.79. The van der Waals surface area contributed by atoms with Crippen LogP contribution in [0.5, 0.6) is 0 Å². The van der Waals surface area contributed by atoms with Crippen LogP contribution >= 0.6 is 11.3 Å². The highest BCUT2D eigenvalue weighted by atomic mass is 32.1. The minimum Gasteiger partial charge on any atom is -0.478 e. The summed E-state index contributed by atoms with van der Waals surface area (Å²) < 4.78 is 0. The number of carboxylic acids is 1. The molecule has 3 N–H and O–H groups in total. The second kappa shape index (κ2) is 6.77. The van der Waals surface area contributed by atoms with Crippen LogP contribution in [0, 0.1) is 11.3 Å². The topological polar surface area (TPSA) is 66.6 Å². The molecule has 5 heteroatoms. The van der Waals surface area contributed by atoms with Crippen LogP contribution in [-0.4, -0.2) is 29.7 Å². The maximum absolute atomic E-state index is 12.1. The van der Waals surface area contributed by atoms with E-state index in [1.54, 1.807) is 16.3 Å². The van der Waals surface area contributed by atoms with Gasteiger partial charge in [0, 0.05) is 23.3 Å². The van der Waals surface area contributed by atoms with Gasteiger partial charge in [-0.05, 0) is 54.9 Å². The van der Waals surface area contributed by atoms with E-state index in [9.17, 15) is 9.90 Å². The molecule has 0 radical (unpaired) electrons. The van der Waals surface area contributed by atoms with Gasteiger partial charge in [-0.15, -0.1) is 11.3 Å². The van der Waals surface area contributed by atoms with Crippen LogP contribution in [0.1, 0.15) is 77.5 Å². The quantitative estimate of drug-likeness (QED) is 0.635. The number of nitrogens with zero attached hydrogens (tertiary/aromatic N) is 1. The summed E-state index contributed by atoms with van der Waals surface area (Å²) in [6.45, 7) is 5.36. The molecule has 1 fully saturated rings. The van der Waals surface area contributed by atoms with E-state index in [-0.39, 0.29) is 5.41 Å². The Morgan fingerprint density at radius 2 is 2.08 bits per heavy atom. The fraction of sp³-hybridized carbons (Fsp3) is 0.737. The van der Waals surface area contributed by atoms with Crippen LogP contribution in [0.15, 0.2) is 0 Å². The molecule has 0 bridgehead atoms. The third-order valence-corrected chi connectivity index (χ3v) is 7.21. The van der Waals surface area contributed by atoms with Crippen LogP contribution in [0.25, 0.3) is 0 Å². The lowest BCUT2D eigenvalue weighted by Crippen LogP contribution is -2.35. The lowest BCUT2D eigenvalue weighted by atomic mass is 9.74. The smallest absolute Gasteiger partial charge is 0.337 e. The molecule has 0 saturated heterocycles. The zero-order valence-electron chi connectivity index (χ0n) is 15.1. The average molecular weight is 351 g/mol. The average Bonchev–Trinajstić information content (AvgIpc) is 2.84. The van der Waals surface area contributed by atoms with Crippen LogP contribution < -0.4 is 5.84 Å². The standard InChI is InChI=1S/C19H30N2O2S/c1-19(2)9-8-15-14(10-19)16(18(22)23)17(24-15)13-7-5-4-6-12(13)11-21(3)20/h12-13H,4-11,20H2,1-3H3,(H,22,23)/t12-,13+/m0/s1. The van der Waals surface area contributed by atoms with Crippen LogP contribution in [0.2, 0.25) is 0 Å². The fourth-order valence-corrected chi connectivity index (χ4v) is 6.12. The summed E-state index contributed by atoms with van der Waals surface area (Å²) in [7, 11) is 1.91. The third-order valence-electron chi connectivity index (χ3n) is 5.78. The third kappa shape index (κ3) is 3.53. The molecule has 24 heavy (non-hydrogen) atoms. The van der Waals surface area contributed by atoms with Crippen LogP contribution in [-0.2, 0) is 12.8 Å². The van der Waals surface area contributed by atoms with Crippen LogP contribution in [0.4, 0.5) is 0 Å². The lowest BCUT2D eigenvalue weighted by molar-refractivity contribution is 0.0692. The van der Waals surface area contributed by atoms with Gasteiger partial charge in [-0.2, -0.15) is 0 Å². The Bertz CT molecular complexity index is 621. The largest absolute Gasteiger partial charge is 0.478 e. The molecule has 1 aromatic rings. The van der Waals surface area contributed by atoms with Gasteiger partial charge in [0.05, 0.1) is 5.56 Å². The normalized spacial score (nSPS) is 26.4. The van der Waals surface area contributed by atoms with Crippen molar-refractivity contribution < 1.29 is 9.90 Å². The lowest BCUT2D eigenvalue weighted by Gasteiger charge is -2.33. The first kappa shape index (κ1) is 17.9. The number of thiophene rings is 1. The molecule has 2 aliphatic rings. The maximum atomic E-state index is 12.1. The predicted molar refractivity (Wildman–Crippen MR) is 98.6 cm³/mol. The Morgan fingerprint density at radius 3 is 2.75 bits per heavy atom. The highest BCUT2D eigenvalue weighted by Gasteiger charge is 2.37. The van der Waals surface area contributed by atoms with E-state index in [0.29, 0.717) is 17.4 Å². The second-order valence-electron chi connectivity index (χ2n) is 8.48. The van der Waals surface area contributed by atoms with Crippen molar-refractivity contribution in [3.63, 3.8) is 0 Å². The highest BCUT2D eigenvalue weighted by molar-refractivity contribution is 7.12. The molecular formula is C19H30N2O2S. The van der Waals surface area contributed by atoms with Crippen molar-refractivity contribution in [1.82, 2.24) is 5.01 Å². The Hall–Kier alpha value is -0.910. The Morgan fingerprint density at radius 1 is 1.38 bits per heavy atom. The molecule has 3 rings (SSSR count). The highest BCUT2D eigenvalue weighted by Crippen LogP contribution is 2.48. The molecule has 0 amide bonds. The zero-order chi connectivity index (χ0) is 17.5. The van der Waals surface area contributed by atoms with E-state index < -0.39 is 5.97 Å². The SMILES string of the molecule is CN(N)C[C@@H]1CCCC[C@H]1c1sc2c(c1C(=O)O)CC(C)(C)CC2. The molecule has 0 spiro atoms. The van der Waals surface area contributed by atoms with Crippen molar-refractivity contribution in [2.24, 2.45) is 17.2 Å². The maximum Gasteiger partial charge on any atom is 0.337 e. The number of nitrogens with two attached hydrogens (primary N) is 1. The van der Waals surface area contributed by atoms with Crippen LogP contribution in [0.3, 0.4) is 0 Å². The molecule has 134 valence electrons. The molecule has 2 atom stereocenters. The monoisotopic (exact) mass is 350 g/mol. The van der Waals surface area contributed by atoms with Crippen molar-refractivity contribution in [2.75, 3.05) is 13.6 Å². The number of carbonyl (C=O) groups is 1. The first-order chi connectivity index (χ1) is 11.3. The number of fused-ring (bicyclic) bond motifs is 1. The van der Waals surface area contributed by atoms with Gasteiger partial charge in [0.25, 0.3) is 0 Å². The molecule has 0 aromatic carbocycles. The minimum atomic E-state index is -0.731. The molecule has 1 aromatic heterocycles. The molecule has 1 heterocycles. The number of aryl methyl sites for hydroxylation is 1. The van der Waals surface area contributed by atoms with Crippen molar-refractivity contribution in [1.29, 1.82) is 0 Å². The summed E-state index contributed by atoms with van der Waals surface area (Å²) in [5.41, 5.74) is 1.97. The van der Waals surface area contributed by atoms with E-state index in [1.807, 2.05) is 7.05 Å². The molecule has 0 aliphatic heterocycles. The Balaban J connectivity index is 2.00. The number of hydrogen-bond donors (Lipinski definition) is 2. The zero-order valence-corrected chi connectivity index (χ0v) is 15.9. The van der Waals surface area contributed by atoms with Gasteiger partial charge in [-0.1, -0.05) is 26.7 Å². The predicted octanol–water partition coefficient (Wildman–Crippen LogP) is 4.04. The van der Waals surface area contributed by atoms with Gasteiger partial charge in [-0.3, -0.25) is 5.84 Å². The number of carboxylic acid groups (broad SMARTS) is 1. The summed E-state index contributed by atoms with van der Waals surface area (Å²) in [6, 6.07) is 0. The Labute approximate surface area is 149 Å². The molecule has 0 unspecified atom stereocenters. The van der Waals surface area contributed by atoms with Gasteiger partial charge in [0.2, 0.25) is 0 Å². The van der Waals surface area contributed by atoms with E-state index in [1.165, 1.54) is 17.7 Å². The fourth-order valence-electron chi connectivity index (χ4n) is 4.58.